The number of fused-ring (bicyclic) bond motifs is 1. The monoisotopic (exact) mass is 237 g/mol. The van der Waals surface area contributed by atoms with Crippen molar-refractivity contribution in [3.8, 4) is 0 Å². The van der Waals surface area contributed by atoms with E-state index in [4.69, 9.17) is 5.73 Å². The van der Waals surface area contributed by atoms with E-state index in [0.29, 0.717) is 11.3 Å². The van der Waals surface area contributed by atoms with E-state index in [1.165, 1.54) is 0 Å². The van der Waals surface area contributed by atoms with Crippen LogP contribution in [-0.4, -0.2) is 19.7 Å². The number of hydrogen-bond acceptors (Lipinski definition) is 3. The highest BCUT2D eigenvalue weighted by Crippen LogP contribution is 2.38. The minimum atomic E-state index is -3.00. The van der Waals surface area contributed by atoms with E-state index >= 15 is 0 Å². The molecule has 0 bridgehead atoms. The van der Waals surface area contributed by atoms with Gasteiger partial charge in [0.05, 0.1) is 10.6 Å². The maximum Gasteiger partial charge on any atom is 0.178 e. The molecule has 4 heteroatoms. The van der Waals surface area contributed by atoms with Gasteiger partial charge in [0.25, 0.3) is 0 Å². The first kappa shape index (κ1) is 10.3. The molecule has 2 aliphatic rings. The Morgan fingerprint density at radius 1 is 1.31 bits per heavy atom. The smallest absolute Gasteiger partial charge is 0.178 e. The third-order valence-electron chi connectivity index (χ3n) is 3.62. The van der Waals surface area contributed by atoms with Gasteiger partial charge >= 0.3 is 0 Å². The Morgan fingerprint density at radius 2 is 2.06 bits per heavy atom. The first-order chi connectivity index (χ1) is 7.50. The zero-order chi connectivity index (χ0) is 11.4. The van der Waals surface area contributed by atoms with Gasteiger partial charge in [0.15, 0.2) is 9.84 Å². The van der Waals surface area contributed by atoms with E-state index in [1.54, 1.807) is 6.07 Å². The number of benzene rings is 1. The normalized spacial score (nSPS) is 24.1. The average Bonchev–Trinajstić information content (AvgIpc) is 2.85. The zero-order valence-corrected chi connectivity index (χ0v) is 9.89. The van der Waals surface area contributed by atoms with E-state index in [1.807, 2.05) is 12.1 Å². The SMILES string of the molecule is NC1(Cc2cccc3c2CCS3(=O)=O)CC1. The lowest BCUT2D eigenvalue weighted by atomic mass is 9.98. The van der Waals surface area contributed by atoms with Crippen molar-refractivity contribution >= 4 is 9.84 Å². The van der Waals surface area contributed by atoms with Crippen LogP contribution in [0.25, 0.3) is 0 Å². The van der Waals surface area contributed by atoms with E-state index in [-0.39, 0.29) is 11.3 Å². The van der Waals surface area contributed by atoms with Crippen molar-refractivity contribution in [2.45, 2.75) is 36.1 Å². The molecule has 1 aliphatic heterocycles. The molecule has 3 nitrogen and oxygen atoms in total. The second kappa shape index (κ2) is 3.08. The van der Waals surface area contributed by atoms with Crippen molar-refractivity contribution in [3.05, 3.63) is 29.3 Å². The minimum Gasteiger partial charge on any atom is -0.325 e. The van der Waals surface area contributed by atoms with Gasteiger partial charge in [0, 0.05) is 5.54 Å². The zero-order valence-electron chi connectivity index (χ0n) is 9.07. The summed E-state index contributed by atoms with van der Waals surface area (Å²) in [4.78, 5) is 0.536. The highest BCUT2D eigenvalue weighted by molar-refractivity contribution is 7.91. The standard InChI is InChI=1S/C12H15NO2S/c13-12(5-6-12)8-9-2-1-3-11-10(9)4-7-16(11,14)15/h1-3H,4-8,13H2. The lowest BCUT2D eigenvalue weighted by Crippen LogP contribution is -2.25. The van der Waals surface area contributed by atoms with E-state index < -0.39 is 9.84 Å². The lowest BCUT2D eigenvalue weighted by molar-refractivity contribution is 0.600. The number of sulfone groups is 1. The van der Waals surface area contributed by atoms with Crippen LogP contribution in [0.1, 0.15) is 24.0 Å². The average molecular weight is 237 g/mol. The summed E-state index contributed by atoms with van der Waals surface area (Å²) in [5, 5.41) is 0. The molecule has 3 rings (SSSR count). The first-order valence-corrected chi connectivity index (χ1v) is 7.28. The van der Waals surface area contributed by atoms with Crippen molar-refractivity contribution in [1.29, 1.82) is 0 Å². The van der Waals surface area contributed by atoms with Crippen LogP contribution < -0.4 is 5.73 Å². The third-order valence-corrected chi connectivity index (χ3v) is 5.41. The molecule has 1 heterocycles. The summed E-state index contributed by atoms with van der Waals surface area (Å²) >= 11 is 0. The molecule has 0 radical (unpaired) electrons. The molecule has 0 unspecified atom stereocenters. The van der Waals surface area contributed by atoms with Crippen molar-refractivity contribution in [1.82, 2.24) is 0 Å². The highest BCUT2D eigenvalue weighted by Gasteiger charge is 2.39. The van der Waals surface area contributed by atoms with Crippen LogP contribution in [0.2, 0.25) is 0 Å². The molecule has 0 spiro atoms. The molecule has 1 fully saturated rings. The number of hydrogen-bond donors (Lipinski definition) is 1. The topological polar surface area (TPSA) is 60.2 Å². The fourth-order valence-electron chi connectivity index (χ4n) is 2.41. The quantitative estimate of drug-likeness (QED) is 0.836. The van der Waals surface area contributed by atoms with Crippen molar-refractivity contribution in [2.24, 2.45) is 5.73 Å². The van der Waals surface area contributed by atoms with Crippen molar-refractivity contribution in [2.75, 3.05) is 5.75 Å². The van der Waals surface area contributed by atoms with Crippen LogP contribution in [0.15, 0.2) is 23.1 Å². The van der Waals surface area contributed by atoms with Crippen LogP contribution in [0.5, 0.6) is 0 Å². The Hall–Kier alpha value is -0.870. The maximum atomic E-state index is 11.8. The van der Waals surface area contributed by atoms with Gasteiger partial charge in [-0.1, -0.05) is 12.1 Å². The fourth-order valence-corrected chi connectivity index (χ4v) is 4.00. The summed E-state index contributed by atoms with van der Waals surface area (Å²) in [5.41, 5.74) is 8.19. The van der Waals surface area contributed by atoms with Gasteiger partial charge in [-0.2, -0.15) is 0 Å². The van der Waals surface area contributed by atoms with Gasteiger partial charge in [-0.25, -0.2) is 8.42 Å². The van der Waals surface area contributed by atoms with Crippen LogP contribution in [0.4, 0.5) is 0 Å². The molecular weight excluding hydrogens is 222 g/mol. The molecule has 1 aromatic rings. The molecule has 86 valence electrons. The summed E-state index contributed by atoms with van der Waals surface area (Å²) in [6, 6.07) is 5.58. The maximum absolute atomic E-state index is 11.8. The molecule has 0 saturated heterocycles. The van der Waals surface area contributed by atoms with Gasteiger partial charge in [-0.15, -0.1) is 0 Å². The van der Waals surface area contributed by atoms with Crippen molar-refractivity contribution in [3.63, 3.8) is 0 Å². The van der Waals surface area contributed by atoms with Crippen LogP contribution >= 0.6 is 0 Å². The second-order valence-electron chi connectivity index (χ2n) is 5.00. The molecule has 1 aliphatic carbocycles. The van der Waals surface area contributed by atoms with E-state index in [2.05, 4.69) is 0 Å². The molecule has 0 amide bonds. The predicted molar refractivity (Wildman–Crippen MR) is 62.1 cm³/mol. The van der Waals surface area contributed by atoms with Crippen molar-refractivity contribution < 1.29 is 8.42 Å². The number of rotatable bonds is 2. The Balaban J connectivity index is 2.05. The van der Waals surface area contributed by atoms with E-state index in [0.717, 1.165) is 30.4 Å². The van der Waals surface area contributed by atoms with E-state index in [9.17, 15) is 8.42 Å². The first-order valence-electron chi connectivity index (χ1n) is 5.63. The summed E-state index contributed by atoms with van der Waals surface area (Å²) in [6.07, 6.45) is 3.60. The van der Waals surface area contributed by atoms with Crippen LogP contribution in [-0.2, 0) is 22.7 Å². The molecule has 16 heavy (non-hydrogen) atoms. The largest absolute Gasteiger partial charge is 0.325 e. The van der Waals surface area contributed by atoms with Gasteiger partial charge in [-0.05, 0) is 42.9 Å². The molecule has 0 aromatic heterocycles. The predicted octanol–water partition coefficient (Wildman–Crippen LogP) is 1.05. The molecule has 1 aromatic carbocycles. The van der Waals surface area contributed by atoms with Gasteiger partial charge in [-0.3, -0.25) is 0 Å². The third kappa shape index (κ3) is 1.57. The Labute approximate surface area is 95.6 Å². The van der Waals surface area contributed by atoms with Gasteiger partial charge < -0.3 is 5.73 Å². The molecule has 2 N–H and O–H groups in total. The summed E-state index contributed by atoms with van der Waals surface area (Å²) < 4.78 is 23.5. The Kier molecular flexibility index (Phi) is 1.98. The molecule has 1 saturated carbocycles. The van der Waals surface area contributed by atoms with Crippen LogP contribution in [0, 0.1) is 0 Å². The Morgan fingerprint density at radius 3 is 2.75 bits per heavy atom. The summed E-state index contributed by atoms with van der Waals surface area (Å²) in [6.45, 7) is 0. The molecular formula is C12H15NO2S. The van der Waals surface area contributed by atoms with Gasteiger partial charge in [0.2, 0.25) is 0 Å². The second-order valence-corrected chi connectivity index (χ2v) is 7.08. The number of nitrogens with two attached hydrogens (primary N) is 1. The van der Waals surface area contributed by atoms with Crippen LogP contribution in [0.3, 0.4) is 0 Å². The summed E-state index contributed by atoms with van der Waals surface area (Å²) in [7, 11) is -3.00. The fraction of sp³-hybridized carbons (Fsp3) is 0.500. The molecule has 0 atom stereocenters. The minimum absolute atomic E-state index is 0.0541. The lowest BCUT2D eigenvalue weighted by Gasteiger charge is -2.11. The summed E-state index contributed by atoms with van der Waals surface area (Å²) in [5.74, 6) is 0.261. The highest BCUT2D eigenvalue weighted by atomic mass is 32.2. The van der Waals surface area contributed by atoms with Gasteiger partial charge in [0.1, 0.15) is 0 Å². The Bertz CT molecular complexity index is 544.